The smallest absolute Gasteiger partial charge is 0.271 e. The van der Waals surface area contributed by atoms with E-state index >= 15 is 0 Å². The quantitative estimate of drug-likeness (QED) is 0.684. The number of nitrogens with one attached hydrogen (secondary N) is 1. The summed E-state index contributed by atoms with van der Waals surface area (Å²) in [5.41, 5.74) is 0.138. The molecule has 0 heterocycles. The van der Waals surface area contributed by atoms with Crippen molar-refractivity contribution >= 4 is 33.2 Å². The summed E-state index contributed by atoms with van der Waals surface area (Å²) in [5, 5.41) is 21.6. The number of nitrogens with zero attached hydrogens (tertiary/aromatic N) is 2. The van der Waals surface area contributed by atoms with Crippen molar-refractivity contribution in [3.63, 3.8) is 0 Å². The van der Waals surface area contributed by atoms with E-state index in [1.807, 2.05) is 0 Å². The van der Waals surface area contributed by atoms with Crippen molar-refractivity contribution in [2.24, 2.45) is 5.92 Å². The first-order valence-corrected chi connectivity index (χ1v) is 5.39. The number of hydrogen-bond donors (Lipinski definition) is 1. The van der Waals surface area contributed by atoms with Crippen molar-refractivity contribution in [2.75, 3.05) is 5.32 Å². The molecule has 0 spiro atoms. The van der Waals surface area contributed by atoms with Crippen molar-refractivity contribution in [3.05, 3.63) is 32.8 Å². The summed E-state index contributed by atoms with van der Waals surface area (Å²) in [6.07, 6.45) is 0. The zero-order valence-electron chi connectivity index (χ0n) is 8.81. The molecule has 0 aliphatic carbocycles. The summed E-state index contributed by atoms with van der Waals surface area (Å²) < 4.78 is 0.515. The predicted molar refractivity (Wildman–Crippen MR) is 64.2 cm³/mol. The number of hydrogen-bond acceptors (Lipinski definition) is 4. The number of anilines is 1. The molecule has 0 bridgehead atoms. The van der Waals surface area contributed by atoms with Crippen LogP contribution < -0.4 is 5.32 Å². The Morgan fingerprint density at radius 1 is 1.65 bits per heavy atom. The molecule has 1 aromatic carbocycles. The van der Waals surface area contributed by atoms with Crippen LogP contribution in [0.5, 0.6) is 0 Å². The van der Waals surface area contributed by atoms with Gasteiger partial charge >= 0.3 is 0 Å². The van der Waals surface area contributed by atoms with Gasteiger partial charge in [-0.25, -0.2) is 0 Å². The van der Waals surface area contributed by atoms with Crippen LogP contribution in [0.3, 0.4) is 0 Å². The molecule has 0 aliphatic heterocycles. The van der Waals surface area contributed by atoms with Gasteiger partial charge in [-0.2, -0.15) is 5.26 Å². The molecule has 0 aliphatic rings. The van der Waals surface area contributed by atoms with Gasteiger partial charge in [-0.15, -0.1) is 0 Å². The van der Waals surface area contributed by atoms with Gasteiger partial charge in [0.1, 0.15) is 5.92 Å². The van der Waals surface area contributed by atoms with Gasteiger partial charge in [0.25, 0.3) is 5.69 Å². The number of carbonyl (C=O) groups excluding carboxylic acids is 1. The van der Waals surface area contributed by atoms with Crippen LogP contribution in [0.2, 0.25) is 0 Å². The third-order valence-corrected chi connectivity index (χ3v) is 2.70. The monoisotopic (exact) mass is 297 g/mol. The minimum Gasteiger partial charge on any atom is -0.324 e. The second-order valence-electron chi connectivity index (χ2n) is 3.26. The Labute approximate surface area is 106 Å². The Morgan fingerprint density at radius 3 is 2.82 bits per heavy atom. The van der Waals surface area contributed by atoms with Crippen molar-refractivity contribution in [3.8, 4) is 6.07 Å². The third kappa shape index (κ3) is 3.26. The number of halogens is 1. The van der Waals surface area contributed by atoms with Crippen LogP contribution in [0.1, 0.15) is 6.92 Å². The topological polar surface area (TPSA) is 96.0 Å². The first-order valence-electron chi connectivity index (χ1n) is 4.60. The minimum absolute atomic E-state index is 0.131. The SMILES string of the molecule is CC(C#N)C(=O)Nc1cc([N+](=O)[O-])ccc1Br. The highest BCUT2D eigenvalue weighted by atomic mass is 79.9. The Hall–Kier alpha value is -1.94. The van der Waals surface area contributed by atoms with Gasteiger partial charge in [-0.3, -0.25) is 14.9 Å². The molecule has 0 saturated carbocycles. The highest BCUT2D eigenvalue weighted by Crippen LogP contribution is 2.27. The van der Waals surface area contributed by atoms with Gasteiger partial charge in [0.15, 0.2) is 0 Å². The van der Waals surface area contributed by atoms with Crippen molar-refractivity contribution in [2.45, 2.75) is 6.92 Å². The van der Waals surface area contributed by atoms with E-state index in [0.717, 1.165) is 0 Å². The number of non-ortho nitro benzene ring substituents is 1. The molecule has 1 N–H and O–H groups in total. The Balaban J connectivity index is 2.99. The maximum atomic E-state index is 11.5. The van der Waals surface area contributed by atoms with Gasteiger partial charge < -0.3 is 5.32 Å². The lowest BCUT2D eigenvalue weighted by Gasteiger charge is -2.07. The fourth-order valence-electron chi connectivity index (χ4n) is 1.02. The summed E-state index contributed by atoms with van der Waals surface area (Å²) in [4.78, 5) is 21.5. The maximum Gasteiger partial charge on any atom is 0.271 e. The van der Waals surface area contributed by atoms with Crippen LogP contribution in [0.15, 0.2) is 22.7 Å². The standard InChI is InChI=1S/C10H8BrN3O3/c1-6(5-12)10(15)13-9-4-7(14(16)17)2-3-8(9)11/h2-4,6H,1H3,(H,13,15). The van der Waals surface area contributed by atoms with Crippen LogP contribution in [0.25, 0.3) is 0 Å². The number of benzene rings is 1. The Bertz CT molecular complexity index is 510. The fraction of sp³-hybridized carbons (Fsp3) is 0.200. The molecule has 88 valence electrons. The second kappa shape index (κ2) is 5.41. The molecule has 0 radical (unpaired) electrons. The molecule has 0 aromatic heterocycles. The van der Waals surface area contributed by atoms with E-state index in [0.29, 0.717) is 4.47 Å². The van der Waals surface area contributed by atoms with Gasteiger partial charge in [0.2, 0.25) is 5.91 Å². The molecular weight excluding hydrogens is 290 g/mol. The Morgan fingerprint density at radius 2 is 2.29 bits per heavy atom. The lowest BCUT2D eigenvalue weighted by molar-refractivity contribution is -0.384. The molecule has 6 nitrogen and oxygen atoms in total. The third-order valence-electron chi connectivity index (χ3n) is 2.01. The van der Waals surface area contributed by atoms with E-state index in [9.17, 15) is 14.9 Å². The van der Waals surface area contributed by atoms with Gasteiger partial charge in [-0.1, -0.05) is 0 Å². The van der Waals surface area contributed by atoms with Gasteiger partial charge in [0.05, 0.1) is 16.7 Å². The first-order chi connectivity index (χ1) is 7.95. The van der Waals surface area contributed by atoms with E-state index in [1.165, 1.54) is 25.1 Å². The number of carbonyl (C=O) groups is 1. The van der Waals surface area contributed by atoms with Crippen LogP contribution >= 0.6 is 15.9 Å². The normalized spacial score (nSPS) is 11.4. The summed E-state index contributed by atoms with van der Waals surface area (Å²) in [7, 11) is 0. The van der Waals surface area contributed by atoms with Crippen LogP contribution in [0, 0.1) is 27.4 Å². The summed E-state index contributed by atoms with van der Waals surface area (Å²) in [6, 6.07) is 5.78. The summed E-state index contributed by atoms with van der Waals surface area (Å²) in [6.45, 7) is 1.45. The lowest BCUT2D eigenvalue weighted by Crippen LogP contribution is -2.19. The van der Waals surface area contributed by atoms with E-state index in [-0.39, 0.29) is 11.4 Å². The molecular formula is C10H8BrN3O3. The molecule has 1 amide bonds. The molecule has 1 rings (SSSR count). The molecule has 1 unspecified atom stereocenters. The molecule has 1 atom stereocenters. The number of nitriles is 1. The van der Waals surface area contributed by atoms with Crippen molar-refractivity contribution < 1.29 is 9.72 Å². The number of amides is 1. The molecule has 1 aromatic rings. The molecule has 17 heavy (non-hydrogen) atoms. The average molecular weight is 298 g/mol. The Kier molecular flexibility index (Phi) is 4.17. The van der Waals surface area contributed by atoms with Crippen molar-refractivity contribution in [1.29, 1.82) is 5.26 Å². The van der Waals surface area contributed by atoms with Crippen LogP contribution in [-0.4, -0.2) is 10.8 Å². The van der Waals surface area contributed by atoms with Crippen LogP contribution in [0.4, 0.5) is 11.4 Å². The van der Waals surface area contributed by atoms with Crippen molar-refractivity contribution in [1.82, 2.24) is 0 Å². The number of nitro benzene ring substituents is 1. The summed E-state index contributed by atoms with van der Waals surface area (Å²) >= 11 is 3.16. The number of rotatable bonds is 3. The molecule has 0 fully saturated rings. The van der Waals surface area contributed by atoms with E-state index in [2.05, 4.69) is 21.2 Å². The lowest BCUT2D eigenvalue weighted by atomic mass is 10.2. The highest BCUT2D eigenvalue weighted by Gasteiger charge is 2.15. The van der Waals surface area contributed by atoms with E-state index < -0.39 is 16.7 Å². The fourth-order valence-corrected chi connectivity index (χ4v) is 1.37. The predicted octanol–water partition coefficient (Wildman–Crippen LogP) is 2.46. The van der Waals surface area contributed by atoms with E-state index in [4.69, 9.17) is 5.26 Å². The minimum atomic E-state index is -0.818. The molecule has 7 heteroatoms. The van der Waals surface area contributed by atoms with Gasteiger partial charge in [-0.05, 0) is 28.9 Å². The average Bonchev–Trinajstić information content (AvgIpc) is 2.30. The largest absolute Gasteiger partial charge is 0.324 e. The first kappa shape index (κ1) is 13.1. The maximum absolute atomic E-state index is 11.5. The zero-order valence-corrected chi connectivity index (χ0v) is 10.4. The zero-order chi connectivity index (χ0) is 13.0. The summed E-state index contributed by atoms with van der Waals surface area (Å²) in [5.74, 6) is -1.32. The number of nitro groups is 1. The van der Waals surface area contributed by atoms with Crippen LogP contribution in [-0.2, 0) is 4.79 Å². The highest BCUT2D eigenvalue weighted by molar-refractivity contribution is 9.10. The second-order valence-corrected chi connectivity index (χ2v) is 4.12. The van der Waals surface area contributed by atoms with Gasteiger partial charge in [0, 0.05) is 16.6 Å². The van der Waals surface area contributed by atoms with E-state index in [1.54, 1.807) is 6.07 Å². The molecule has 0 saturated heterocycles.